The minimum Gasteiger partial charge on any atom is -0.333 e. The number of hydrogen-bond donors (Lipinski definition) is 1. The third-order valence-electron chi connectivity index (χ3n) is 4.03. The average Bonchev–Trinajstić information content (AvgIpc) is 2.66. The lowest BCUT2D eigenvalue weighted by molar-refractivity contribution is 0.0746. The Hall–Kier alpha value is -3.21. The van der Waals surface area contributed by atoms with Crippen molar-refractivity contribution in [2.45, 2.75) is 20.4 Å². The van der Waals surface area contributed by atoms with Gasteiger partial charge in [0.2, 0.25) is 5.95 Å². The van der Waals surface area contributed by atoms with Crippen LogP contribution in [0.2, 0.25) is 0 Å². The monoisotopic (exact) mass is 346 g/mol. The van der Waals surface area contributed by atoms with Gasteiger partial charge in [0.1, 0.15) is 5.69 Å². The van der Waals surface area contributed by atoms with Crippen molar-refractivity contribution in [3.63, 3.8) is 0 Å². The first-order valence-electron chi connectivity index (χ1n) is 8.65. The standard InChI is InChI=1S/C21H22N4O/c1-3-25(15-17-9-5-4-6-10-17)20(26)19-12-13-22-21(24-19)23-18-11-7-8-16(2)14-18/h4-14H,3,15H2,1-2H3,(H,22,23,24). The number of nitrogens with zero attached hydrogens (tertiary/aromatic N) is 3. The summed E-state index contributed by atoms with van der Waals surface area (Å²) in [5, 5.41) is 3.15. The predicted octanol–water partition coefficient (Wildman–Crippen LogP) is 4.19. The van der Waals surface area contributed by atoms with Crippen molar-refractivity contribution in [1.29, 1.82) is 0 Å². The van der Waals surface area contributed by atoms with Crippen LogP contribution in [0, 0.1) is 6.92 Å². The van der Waals surface area contributed by atoms with Crippen LogP contribution < -0.4 is 5.32 Å². The van der Waals surface area contributed by atoms with Crippen molar-refractivity contribution >= 4 is 17.5 Å². The SMILES string of the molecule is CCN(Cc1ccccc1)C(=O)c1ccnc(Nc2cccc(C)c2)n1. The first-order chi connectivity index (χ1) is 12.7. The quantitative estimate of drug-likeness (QED) is 0.727. The second-order valence-electron chi connectivity index (χ2n) is 6.06. The molecule has 5 heteroatoms. The van der Waals surface area contributed by atoms with Crippen LogP contribution in [-0.2, 0) is 6.54 Å². The molecule has 26 heavy (non-hydrogen) atoms. The van der Waals surface area contributed by atoms with E-state index in [2.05, 4.69) is 15.3 Å². The van der Waals surface area contributed by atoms with Crippen LogP contribution >= 0.6 is 0 Å². The first kappa shape index (κ1) is 17.6. The number of hydrogen-bond acceptors (Lipinski definition) is 4. The van der Waals surface area contributed by atoms with E-state index in [0.29, 0.717) is 24.7 Å². The molecular formula is C21H22N4O. The minimum absolute atomic E-state index is 0.106. The normalized spacial score (nSPS) is 10.4. The molecular weight excluding hydrogens is 324 g/mol. The zero-order chi connectivity index (χ0) is 18.4. The number of anilines is 2. The van der Waals surface area contributed by atoms with Crippen LogP contribution in [0.4, 0.5) is 11.6 Å². The van der Waals surface area contributed by atoms with Crippen molar-refractivity contribution in [1.82, 2.24) is 14.9 Å². The molecule has 1 amide bonds. The molecule has 132 valence electrons. The molecule has 5 nitrogen and oxygen atoms in total. The van der Waals surface area contributed by atoms with Crippen molar-refractivity contribution in [3.8, 4) is 0 Å². The van der Waals surface area contributed by atoms with E-state index in [9.17, 15) is 4.79 Å². The molecule has 0 saturated heterocycles. The molecule has 0 unspecified atom stereocenters. The molecule has 0 bridgehead atoms. The summed E-state index contributed by atoms with van der Waals surface area (Å²) >= 11 is 0. The molecule has 0 fully saturated rings. The largest absolute Gasteiger partial charge is 0.333 e. The van der Waals surface area contributed by atoms with Gasteiger partial charge in [-0.15, -0.1) is 0 Å². The summed E-state index contributed by atoms with van der Waals surface area (Å²) in [6.07, 6.45) is 1.61. The third-order valence-corrected chi connectivity index (χ3v) is 4.03. The fourth-order valence-corrected chi connectivity index (χ4v) is 2.68. The van der Waals surface area contributed by atoms with E-state index < -0.39 is 0 Å². The van der Waals surface area contributed by atoms with Crippen LogP contribution in [-0.4, -0.2) is 27.3 Å². The van der Waals surface area contributed by atoms with Gasteiger partial charge in [0.05, 0.1) is 0 Å². The second kappa shape index (κ2) is 8.25. The summed E-state index contributed by atoms with van der Waals surface area (Å²) < 4.78 is 0. The Labute approximate surface area is 153 Å². The van der Waals surface area contributed by atoms with Gasteiger partial charge >= 0.3 is 0 Å². The zero-order valence-corrected chi connectivity index (χ0v) is 15.0. The molecule has 1 aromatic heterocycles. The van der Waals surface area contributed by atoms with E-state index in [-0.39, 0.29) is 5.91 Å². The maximum atomic E-state index is 12.8. The van der Waals surface area contributed by atoms with Crippen molar-refractivity contribution in [2.75, 3.05) is 11.9 Å². The maximum absolute atomic E-state index is 12.8. The molecule has 0 saturated carbocycles. The first-order valence-corrected chi connectivity index (χ1v) is 8.65. The number of aromatic nitrogens is 2. The van der Waals surface area contributed by atoms with Crippen molar-refractivity contribution < 1.29 is 4.79 Å². The van der Waals surface area contributed by atoms with Crippen LogP contribution in [0.3, 0.4) is 0 Å². The lowest BCUT2D eigenvalue weighted by Gasteiger charge is -2.20. The Kier molecular flexibility index (Phi) is 5.59. The van der Waals surface area contributed by atoms with Crippen LogP contribution in [0.5, 0.6) is 0 Å². The topological polar surface area (TPSA) is 58.1 Å². The van der Waals surface area contributed by atoms with Crippen molar-refractivity contribution in [3.05, 3.63) is 83.7 Å². The van der Waals surface area contributed by atoms with Crippen molar-refractivity contribution in [2.24, 2.45) is 0 Å². The van der Waals surface area contributed by atoms with Gasteiger partial charge in [0.15, 0.2) is 0 Å². The van der Waals surface area contributed by atoms with Gasteiger partial charge in [-0.2, -0.15) is 0 Å². The van der Waals surface area contributed by atoms with Crippen LogP contribution in [0.1, 0.15) is 28.5 Å². The molecule has 0 aliphatic carbocycles. The lowest BCUT2D eigenvalue weighted by Crippen LogP contribution is -2.31. The second-order valence-corrected chi connectivity index (χ2v) is 6.06. The molecule has 2 aromatic carbocycles. The van der Waals surface area contributed by atoms with Gasteiger partial charge < -0.3 is 10.2 Å². The summed E-state index contributed by atoms with van der Waals surface area (Å²) in [5.41, 5.74) is 3.51. The summed E-state index contributed by atoms with van der Waals surface area (Å²) in [7, 11) is 0. The minimum atomic E-state index is -0.106. The highest BCUT2D eigenvalue weighted by Gasteiger charge is 2.16. The molecule has 0 aliphatic heterocycles. The Balaban J connectivity index is 1.76. The van der Waals surface area contributed by atoms with Crippen LogP contribution in [0.25, 0.3) is 0 Å². The lowest BCUT2D eigenvalue weighted by atomic mass is 10.2. The number of benzene rings is 2. The molecule has 0 radical (unpaired) electrons. The summed E-state index contributed by atoms with van der Waals surface area (Å²) in [6, 6.07) is 19.5. The van der Waals surface area contributed by atoms with Gasteiger partial charge in [0, 0.05) is 25.0 Å². The van der Waals surface area contributed by atoms with E-state index >= 15 is 0 Å². The Morgan fingerprint density at radius 2 is 1.88 bits per heavy atom. The fourth-order valence-electron chi connectivity index (χ4n) is 2.68. The predicted molar refractivity (Wildman–Crippen MR) is 103 cm³/mol. The Morgan fingerprint density at radius 1 is 1.08 bits per heavy atom. The zero-order valence-electron chi connectivity index (χ0n) is 15.0. The van der Waals surface area contributed by atoms with Gasteiger partial charge in [0.25, 0.3) is 5.91 Å². The third kappa shape index (κ3) is 4.45. The Bertz CT molecular complexity index is 880. The van der Waals surface area contributed by atoms with E-state index in [1.54, 1.807) is 17.2 Å². The highest BCUT2D eigenvalue weighted by Crippen LogP contribution is 2.15. The molecule has 0 spiro atoms. The maximum Gasteiger partial charge on any atom is 0.272 e. The number of aryl methyl sites for hydroxylation is 1. The van der Waals surface area contributed by atoms with Gasteiger partial charge in [-0.05, 0) is 43.2 Å². The molecule has 3 rings (SSSR count). The Morgan fingerprint density at radius 3 is 2.62 bits per heavy atom. The molecule has 0 atom stereocenters. The van der Waals surface area contributed by atoms with E-state index in [0.717, 1.165) is 16.8 Å². The molecule has 1 heterocycles. The van der Waals surface area contributed by atoms with Gasteiger partial charge in [-0.1, -0.05) is 42.5 Å². The molecule has 1 N–H and O–H groups in total. The summed E-state index contributed by atoms with van der Waals surface area (Å²) in [6.45, 7) is 5.15. The van der Waals surface area contributed by atoms with Gasteiger partial charge in [-0.3, -0.25) is 4.79 Å². The van der Waals surface area contributed by atoms with Crippen LogP contribution in [0.15, 0.2) is 66.9 Å². The average molecular weight is 346 g/mol. The number of rotatable bonds is 6. The number of nitrogens with one attached hydrogen (secondary N) is 1. The van der Waals surface area contributed by atoms with E-state index in [1.807, 2.05) is 68.4 Å². The highest BCUT2D eigenvalue weighted by atomic mass is 16.2. The highest BCUT2D eigenvalue weighted by molar-refractivity contribution is 5.92. The number of carbonyl (C=O) groups is 1. The van der Waals surface area contributed by atoms with E-state index in [1.165, 1.54) is 0 Å². The van der Waals surface area contributed by atoms with E-state index in [4.69, 9.17) is 0 Å². The molecule has 0 aliphatic rings. The fraction of sp³-hybridized carbons (Fsp3) is 0.190. The number of carbonyl (C=O) groups excluding carboxylic acids is 1. The number of amides is 1. The summed E-state index contributed by atoms with van der Waals surface area (Å²) in [4.78, 5) is 23.2. The smallest absolute Gasteiger partial charge is 0.272 e. The van der Waals surface area contributed by atoms with Gasteiger partial charge in [-0.25, -0.2) is 9.97 Å². The molecule has 3 aromatic rings. The summed E-state index contributed by atoms with van der Waals surface area (Å²) in [5.74, 6) is 0.309.